The molecule has 14 heavy (non-hydrogen) atoms. The highest BCUT2D eigenvalue weighted by atomic mass is 16.1. The maximum absolute atomic E-state index is 11.2. The molecule has 1 aliphatic heterocycles. The van der Waals surface area contributed by atoms with Crippen LogP contribution in [0.1, 0.15) is 12.0 Å². The lowest BCUT2D eigenvalue weighted by atomic mass is 10.2. The van der Waals surface area contributed by atoms with Gasteiger partial charge in [0, 0.05) is 13.0 Å². The van der Waals surface area contributed by atoms with E-state index >= 15 is 0 Å². The highest BCUT2D eigenvalue weighted by molar-refractivity contribution is 5.96. The molecule has 0 aromatic heterocycles. The highest BCUT2D eigenvalue weighted by Crippen LogP contribution is 2.24. The Kier molecular flexibility index (Phi) is 2.07. The fourth-order valence-electron chi connectivity index (χ4n) is 1.39. The van der Waals surface area contributed by atoms with Crippen LogP contribution in [0.5, 0.6) is 0 Å². The summed E-state index contributed by atoms with van der Waals surface area (Å²) in [4.78, 5) is 11.2. The van der Waals surface area contributed by atoms with Gasteiger partial charge in [0.1, 0.15) is 0 Å². The minimum absolute atomic E-state index is 0.0219. The number of amides is 1. The Morgan fingerprint density at radius 3 is 3.00 bits per heavy atom. The normalized spacial score (nSPS) is 14.4. The minimum Gasteiger partial charge on any atom is -0.383 e. The summed E-state index contributed by atoms with van der Waals surface area (Å²) < 4.78 is 0. The number of carbonyl (C=O) groups is 1. The van der Waals surface area contributed by atoms with Crippen LogP contribution in [0.25, 0.3) is 0 Å². The summed E-state index contributed by atoms with van der Waals surface area (Å²) >= 11 is 0. The van der Waals surface area contributed by atoms with Gasteiger partial charge in [0.15, 0.2) is 0 Å². The number of nitriles is 1. The predicted octanol–water partition coefficient (Wildman–Crippen LogP) is 1.31. The van der Waals surface area contributed by atoms with Gasteiger partial charge >= 0.3 is 0 Å². The predicted molar refractivity (Wildman–Crippen MR) is 52.9 cm³/mol. The van der Waals surface area contributed by atoms with Crippen LogP contribution in [-0.4, -0.2) is 12.5 Å². The number of nitrogens with zero attached hydrogens (tertiary/aromatic N) is 1. The topological polar surface area (TPSA) is 64.9 Å². The first-order chi connectivity index (χ1) is 6.79. The zero-order valence-corrected chi connectivity index (χ0v) is 7.50. The molecule has 0 fully saturated rings. The third-order valence-electron chi connectivity index (χ3n) is 2.09. The molecule has 0 unspecified atom stereocenters. The van der Waals surface area contributed by atoms with Crippen LogP contribution in [-0.2, 0) is 4.79 Å². The monoisotopic (exact) mass is 187 g/mol. The number of fused-ring (bicyclic) bond motifs is 1. The van der Waals surface area contributed by atoms with Crippen LogP contribution < -0.4 is 10.6 Å². The summed E-state index contributed by atoms with van der Waals surface area (Å²) in [6.07, 6.45) is 0.455. The van der Waals surface area contributed by atoms with Crippen LogP contribution in [0, 0.1) is 11.3 Å². The molecule has 0 saturated heterocycles. The molecular weight excluding hydrogens is 178 g/mol. The van der Waals surface area contributed by atoms with Gasteiger partial charge in [-0.2, -0.15) is 5.26 Å². The summed E-state index contributed by atoms with van der Waals surface area (Å²) in [5.41, 5.74) is 2.11. The highest BCUT2D eigenvalue weighted by Gasteiger charge is 2.11. The number of hydrogen-bond acceptors (Lipinski definition) is 3. The van der Waals surface area contributed by atoms with E-state index in [-0.39, 0.29) is 5.91 Å². The van der Waals surface area contributed by atoms with Crippen LogP contribution in [0.3, 0.4) is 0 Å². The van der Waals surface area contributed by atoms with Gasteiger partial charge in [0.05, 0.1) is 23.0 Å². The lowest BCUT2D eigenvalue weighted by Gasteiger charge is -2.06. The molecule has 2 N–H and O–H groups in total. The lowest BCUT2D eigenvalue weighted by molar-refractivity contribution is -0.115. The second-order valence-electron chi connectivity index (χ2n) is 3.10. The molecule has 4 heteroatoms. The van der Waals surface area contributed by atoms with E-state index in [9.17, 15) is 4.79 Å². The van der Waals surface area contributed by atoms with E-state index in [1.54, 1.807) is 18.2 Å². The maximum atomic E-state index is 11.2. The van der Waals surface area contributed by atoms with Gasteiger partial charge in [-0.15, -0.1) is 0 Å². The fraction of sp³-hybridized carbons (Fsp3) is 0.200. The van der Waals surface area contributed by atoms with E-state index in [4.69, 9.17) is 5.26 Å². The van der Waals surface area contributed by atoms with Crippen molar-refractivity contribution in [2.45, 2.75) is 6.42 Å². The van der Waals surface area contributed by atoms with Crippen molar-refractivity contribution < 1.29 is 4.79 Å². The average molecular weight is 187 g/mol. The first kappa shape index (κ1) is 8.57. The van der Waals surface area contributed by atoms with E-state index in [0.717, 1.165) is 5.69 Å². The van der Waals surface area contributed by atoms with Crippen LogP contribution >= 0.6 is 0 Å². The zero-order valence-electron chi connectivity index (χ0n) is 7.50. The molecule has 1 heterocycles. The van der Waals surface area contributed by atoms with Gasteiger partial charge in [-0.1, -0.05) is 0 Å². The first-order valence-corrected chi connectivity index (χ1v) is 4.37. The third-order valence-corrected chi connectivity index (χ3v) is 2.09. The molecule has 0 aliphatic carbocycles. The van der Waals surface area contributed by atoms with Crippen molar-refractivity contribution in [2.24, 2.45) is 0 Å². The average Bonchev–Trinajstić information content (AvgIpc) is 2.37. The molecule has 1 aromatic carbocycles. The van der Waals surface area contributed by atoms with Crippen molar-refractivity contribution in [1.82, 2.24) is 0 Å². The number of hydrogen-bond donors (Lipinski definition) is 2. The van der Waals surface area contributed by atoms with Crippen molar-refractivity contribution in [3.05, 3.63) is 23.8 Å². The summed E-state index contributed by atoms with van der Waals surface area (Å²) in [5.74, 6) is -0.0219. The molecule has 0 saturated carbocycles. The van der Waals surface area contributed by atoms with E-state index in [1.807, 2.05) is 6.07 Å². The molecule has 1 amide bonds. The molecule has 1 aromatic rings. The number of nitrogens with one attached hydrogen (secondary N) is 2. The zero-order chi connectivity index (χ0) is 9.97. The standard InChI is InChI=1S/C10H9N3O/c11-6-7-1-2-8-9(5-7)13-10(14)3-4-12-8/h1-2,5,12H,3-4H2,(H,13,14). The number of benzene rings is 1. The molecule has 0 bridgehead atoms. The molecule has 0 radical (unpaired) electrons. The van der Waals surface area contributed by atoms with Gasteiger partial charge in [-0.3, -0.25) is 4.79 Å². The molecule has 0 spiro atoms. The van der Waals surface area contributed by atoms with Gasteiger partial charge in [0.2, 0.25) is 5.91 Å². The molecule has 4 nitrogen and oxygen atoms in total. The van der Waals surface area contributed by atoms with E-state index in [0.29, 0.717) is 24.2 Å². The maximum Gasteiger partial charge on any atom is 0.226 e. The van der Waals surface area contributed by atoms with Crippen molar-refractivity contribution in [1.29, 1.82) is 5.26 Å². The van der Waals surface area contributed by atoms with E-state index in [1.165, 1.54) is 0 Å². The Labute approximate surface area is 81.5 Å². The van der Waals surface area contributed by atoms with Crippen molar-refractivity contribution in [3.8, 4) is 6.07 Å². The molecule has 2 rings (SSSR count). The molecular formula is C10H9N3O. The lowest BCUT2D eigenvalue weighted by Crippen LogP contribution is -2.10. The first-order valence-electron chi connectivity index (χ1n) is 4.37. The van der Waals surface area contributed by atoms with E-state index in [2.05, 4.69) is 10.6 Å². The van der Waals surface area contributed by atoms with Crippen molar-refractivity contribution in [2.75, 3.05) is 17.2 Å². The number of anilines is 2. The third kappa shape index (κ3) is 1.52. The SMILES string of the molecule is N#Cc1ccc2c(c1)NC(=O)CCN2. The molecule has 0 atom stereocenters. The van der Waals surface area contributed by atoms with Gasteiger partial charge in [-0.05, 0) is 18.2 Å². The van der Waals surface area contributed by atoms with Gasteiger partial charge in [0.25, 0.3) is 0 Å². The largest absolute Gasteiger partial charge is 0.383 e. The number of rotatable bonds is 0. The second-order valence-corrected chi connectivity index (χ2v) is 3.10. The Balaban J connectivity index is 2.43. The fourth-order valence-corrected chi connectivity index (χ4v) is 1.39. The van der Waals surface area contributed by atoms with E-state index < -0.39 is 0 Å². The Morgan fingerprint density at radius 2 is 2.21 bits per heavy atom. The summed E-state index contributed by atoms with van der Waals surface area (Å²) in [6.45, 7) is 0.630. The second kappa shape index (κ2) is 3.38. The van der Waals surface area contributed by atoms with Crippen molar-refractivity contribution in [3.63, 3.8) is 0 Å². The van der Waals surface area contributed by atoms with Gasteiger partial charge in [-0.25, -0.2) is 0 Å². The van der Waals surface area contributed by atoms with Crippen LogP contribution in [0.15, 0.2) is 18.2 Å². The summed E-state index contributed by atoms with van der Waals surface area (Å²) in [7, 11) is 0. The quantitative estimate of drug-likeness (QED) is 0.643. The summed E-state index contributed by atoms with van der Waals surface area (Å²) in [5, 5.41) is 14.6. The smallest absolute Gasteiger partial charge is 0.226 e. The summed E-state index contributed by atoms with van der Waals surface area (Å²) in [6, 6.07) is 7.24. The molecule has 1 aliphatic rings. The van der Waals surface area contributed by atoms with Crippen LogP contribution in [0.4, 0.5) is 11.4 Å². The number of carbonyl (C=O) groups excluding carboxylic acids is 1. The van der Waals surface area contributed by atoms with Gasteiger partial charge < -0.3 is 10.6 Å². The Morgan fingerprint density at radius 1 is 1.36 bits per heavy atom. The molecule has 70 valence electrons. The Hall–Kier alpha value is -2.02. The van der Waals surface area contributed by atoms with Crippen molar-refractivity contribution >= 4 is 17.3 Å². The van der Waals surface area contributed by atoms with Crippen LogP contribution in [0.2, 0.25) is 0 Å². The minimum atomic E-state index is -0.0219. The Bertz CT molecular complexity index is 420.